The number of aromatic amines is 1. The van der Waals surface area contributed by atoms with Crippen LogP contribution in [0.4, 0.5) is 5.13 Å². The molecular formula is C24H21ClN4O3S. The lowest BCUT2D eigenvalue weighted by atomic mass is 10.1. The number of thiazole rings is 1. The highest BCUT2D eigenvalue weighted by atomic mass is 35.5. The van der Waals surface area contributed by atoms with Crippen LogP contribution >= 0.6 is 22.9 Å². The fraction of sp³-hybridized carbons (Fsp3) is 0.167. The summed E-state index contributed by atoms with van der Waals surface area (Å²) in [6.45, 7) is 5.40. The number of amides is 1. The number of anilines is 1. The predicted octanol–water partition coefficient (Wildman–Crippen LogP) is 5.65. The smallest absolute Gasteiger partial charge is 0.338 e. The summed E-state index contributed by atoms with van der Waals surface area (Å²) in [5.41, 5.74) is 4.73. The minimum atomic E-state index is -0.990. The molecule has 0 radical (unpaired) electrons. The second-order valence-corrected chi connectivity index (χ2v) is 8.75. The Balaban J connectivity index is 1.35. The number of halogens is 1. The third-order valence-electron chi connectivity index (χ3n) is 5.05. The standard InChI is InChI=1S/C24H21ClN4O3S/c1-13-14(2)27-21(26-13)17-4-6-18(7-5-17)23(31)32-15(3)22(30)29-24-28-20(12-33-24)16-8-10-19(25)11-9-16/h4-12,15H,1-3H3,(H,26,27)(H,28,29,30). The number of rotatable bonds is 6. The van der Waals surface area contributed by atoms with Gasteiger partial charge in [0, 0.05) is 27.2 Å². The van der Waals surface area contributed by atoms with E-state index in [1.807, 2.05) is 31.4 Å². The van der Waals surface area contributed by atoms with Gasteiger partial charge in [0.25, 0.3) is 5.91 Å². The lowest BCUT2D eigenvalue weighted by Crippen LogP contribution is -2.29. The van der Waals surface area contributed by atoms with E-state index in [9.17, 15) is 9.59 Å². The molecule has 0 aliphatic rings. The van der Waals surface area contributed by atoms with E-state index < -0.39 is 18.0 Å². The van der Waals surface area contributed by atoms with Crippen LogP contribution < -0.4 is 5.32 Å². The molecule has 1 amide bonds. The molecular weight excluding hydrogens is 460 g/mol. The summed E-state index contributed by atoms with van der Waals surface area (Å²) >= 11 is 7.20. The van der Waals surface area contributed by atoms with Gasteiger partial charge in [0.15, 0.2) is 11.2 Å². The highest BCUT2D eigenvalue weighted by Crippen LogP contribution is 2.26. The van der Waals surface area contributed by atoms with Gasteiger partial charge in [-0.2, -0.15) is 0 Å². The van der Waals surface area contributed by atoms with Gasteiger partial charge in [-0.05, 0) is 45.0 Å². The number of carbonyl (C=O) groups excluding carboxylic acids is 2. The molecule has 0 aliphatic heterocycles. The number of benzene rings is 2. The Labute approximate surface area is 199 Å². The number of aromatic nitrogens is 3. The number of aryl methyl sites for hydroxylation is 2. The maximum Gasteiger partial charge on any atom is 0.338 e. The Bertz CT molecular complexity index is 1280. The molecule has 4 rings (SSSR count). The molecule has 0 bridgehead atoms. The molecule has 1 atom stereocenters. The second kappa shape index (κ2) is 9.56. The van der Waals surface area contributed by atoms with E-state index in [0.717, 1.165) is 34.0 Å². The van der Waals surface area contributed by atoms with Crippen LogP contribution in [0.3, 0.4) is 0 Å². The Morgan fingerprint density at radius 3 is 2.33 bits per heavy atom. The molecule has 2 aromatic carbocycles. The minimum Gasteiger partial charge on any atom is -0.449 e. The van der Waals surface area contributed by atoms with E-state index in [1.165, 1.54) is 18.3 Å². The first-order valence-corrected chi connectivity index (χ1v) is 11.4. The van der Waals surface area contributed by atoms with Crippen LogP contribution in [0, 0.1) is 13.8 Å². The quantitative estimate of drug-likeness (QED) is 0.347. The molecule has 0 saturated carbocycles. The monoisotopic (exact) mass is 480 g/mol. The van der Waals surface area contributed by atoms with Crippen molar-refractivity contribution in [1.29, 1.82) is 0 Å². The largest absolute Gasteiger partial charge is 0.449 e. The average molecular weight is 481 g/mol. The molecule has 33 heavy (non-hydrogen) atoms. The van der Waals surface area contributed by atoms with Crippen molar-refractivity contribution in [3.63, 3.8) is 0 Å². The summed E-state index contributed by atoms with van der Waals surface area (Å²) in [7, 11) is 0. The molecule has 0 aliphatic carbocycles. The van der Waals surface area contributed by atoms with Crippen LogP contribution in [0.2, 0.25) is 5.02 Å². The number of H-pyrrole nitrogens is 1. The van der Waals surface area contributed by atoms with Gasteiger partial charge in [-0.15, -0.1) is 11.3 Å². The number of ether oxygens (including phenoxy) is 1. The van der Waals surface area contributed by atoms with Crippen molar-refractivity contribution >= 4 is 39.9 Å². The van der Waals surface area contributed by atoms with Crippen LogP contribution in [0.1, 0.15) is 28.7 Å². The molecule has 0 saturated heterocycles. The lowest BCUT2D eigenvalue weighted by molar-refractivity contribution is -0.123. The zero-order valence-corrected chi connectivity index (χ0v) is 19.8. The summed E-state index contributed by atoms with van der Waals surface area (Å²) in [4.78, 5) is 37.0. The number of hydrogen-bond acceptors (Lipinski definition) is 6. The Hall–Kier alpha value is -3.49. The highest BCUT2D eigenvalue weighted by molar-refractivity contribution is 7.14. The van der Waals surface area contributed by atoms with E-state index in [-0.39, 0.29) is 0 Å². The Morgan fingerprint density at radius 2 is 1.70 bits per heavy atom. The lowest BCUT2D eigenvalue weighted by Gasteiger charge is -2.12. The summed E-state index contributed by atoms with van der Waals surface area (Å²) < 4.78 is 5.33. The van der Waals surface area contributed by atoms with E-state index in [0.29, 0.717) is 15.7 Å². The Morgan fingerprint density at radius 1 is 1.03 bits per heavy atom. The summed E-state index contributed by atoms with van der Waals surface area (Å²) in [6.07, 6.45) is -0.990. The average Bonchev–Trinajstić information content (AvgIpc) is 3.40. The maximum absolute atomic E-state index is 12.5. The molecule has 2 N–H and O–H groups in total. The van der Waals surface area contributed by atoms with Gasteiger partial charge in [-0.1, -0.05) is 35.9 Å². The van der Waals surface area contributed by atoms with E-state index >= 15 is 0 Å². The zero-order valence-electron chi connectivity index (χ0n) is 18.2. The van der Waals surface area contributed by atoms with Crippen LogP contribution in [0.15, 0.2) is 53.9 Å². The van der Waals surface area contributed by atoms with Gasteiger partial charge < -0.3 is 9.72 Å². The second-order valence-electron chi connectivity index (χ2n) is 7.45. The van der Waals surface area contributed by atoms with Crippen molar-refractivity contribution in [2.75, 3.05) is 5.32 Å². The summed E-state index contributed by atoms with van der Waals surface area (Å²) in [5.74, 6) is -0.311. The number of nitrogens with zero attached hydrogens (tertiary/aromatic N) is 2. The van der Waals surface area contributed by atoms with Crippen LogP contribution in [0.5, 0.6) is 0 Å². The van der Waals surface area contributed by atoms with Gasteiger partial charge in [0.1, 0.15) is 5.82 Å². The molecule has 2 heterocycles. The number of carbonyl (C=O) groups is 2. The van der Waals surface area contributed by atoms with Crippen LogP contribution in [-0.2, 0) is 9.53 Å². The third-order valence-corrected chi connectivity index (χ3v) is 6.06. The van der Waals surface area contributed by atoms with E-state index in [2.05, 4.69) is 20.3 Å². The van der Waals surface area contributed by atoms with E-state index in [4.69, 9.17) is 16.3 Å². The van der Waals surface area contributed by atoms with Crippen molar-refractivity contribution in [3.05, 3.63) is 75.9 Å². The summed E-state index contributed by atoms with van der Waals surface area (Å²) in [5, 5.41) is 5.58. The molecule has 0 spiro atoms. The number of hydrogen-bond donors (Lipinski definition) is 2. The third kappa shape index (κ3) is 5.30. The molecule has 4 aromatic rings. The fourth-order valence-electron chi connectivity index (χ4n) is 3.02. The molecule has 9 heteroatoms. The van der Waals surface area contributed by atoms with Gasteiger partial charge in [-0.3, -0.25) is 10.1 Å². The van der Waals surface area contributed by atoms with Crippen molar-refractivity contribution in [2.24, 2.45) is 0 Å². The first-order valence-electron chi connectivity index (χ1n) is 10.2. The molecule has 7 nitrogen and oxygen atoms in total. The van der Waals surface area contributed by atoms with Gasteiger partial charge >= 0.3 is 5.97 Å². The highest BCUT2D eigenvalue weighted by Gasteiger charge is 2.20. The van der Waals surface area contributed by atoms with Gasteiger partial charge in [0.05, 0.1) is 17.0 Å². The predicted molar refractivity (Wildman–Crippen MR) is 130 cm³/mol. The molecule has 2 aromatic heterocycles. The topological polar surface area (TPSA) is 97.0 Å². The zero-order chi connectivity index (χ0) is 23.5. The molecule has 168 valence electrons. The normalized spacial score (nSPS) is 11.8. The van der Waals surface area contributed by atoms with Crippen molar-refractivity contribution < 1.29 is 14.3 Å². The van der Waals surface area contributed by atoms with Crippen molar-refractivity contribution in [1.82, 2.24) is 15.0 Å². The maximum atomic E-state index is 12.5. The SMILES string of the molecule is Cc1nc(-c2ccc(C(=O)OC(C)C(=O)Nc3nc(-c4ccc(Cl)cc4)cs3)cc2)[nH]c1C. The first kappa shape index (κ1) is 22.7. The van der Waals surface area contributed by atoms with E-state index in [1.54, 1.807) is 36.4 Å². The van der Waals surface area contributed by atoms with Crippen LogP contribution in [-0.4, -0.2) is 32.9 Å². The molecule has 1 unspecified atom stereocenters. The van der Waals surface area contributed by atoms with Gasteiger partial charge in [-0.25, -0.2) is 14.8 Å². The first-order chi connectivity index (χ1) is 15.8. The minimum absolute atomic E-state index is 0.345. The Kier molecular flexibility index (Phi) is 6.57. The number of nitrogens with one attached hydrogen (secondary N) is 2. The number of esters is 1. The fourth-order valence-corrected chi connectivity index (χ4v) is 3.87. The van der Waals surface area contributed by atoms with Crippen molar-refractivity contribution in [2.45, 2.75) is 26.9 Å². The van der Waals surface area contributed by atoms with Crippen LogP contribution in [0.25, 0.3) is 22.6 Å². The van der Waals surface area contributed by atoms with Crippen molar-refractivity contribution in [3.8, 4) is 22.6 Å². The summed E-state index contributed by atoms with van der Waals surface area (Å²) in [6, 6.07) is 14.1. The van der Waals surface area contributed by atoms with Gasteiger partial charge in [0.2, 0.25) is 0 Å². The molecule has 0 fully saturated rings. The number of imidazole rings is 1.